The third-order valence-electron chi connectivity index (χ3n) is 3.71. The van der Waals surface area contributed by atoms with Gasteiger partial charge in [-0.2, -0.15) is 0 Å². The molecule has 102 valence electrons. The van der Waals surface area contributed by atoms with E-state index in [9.17, 15) is 4.79 Å². The second kappa shape index (κ2) is 3.97. The van der Waals surface area contributed by atoms with Gasteiger partial charge in [-0.05, 0) is 26.3 Å². The van der Waals surface area contributed by atoms with Gasteiger partial charge in [0.2, 0.25) is 0 Å². The molecule has 3 rings (SSSR count). The standard InChI is InChI=1S/C15H19NO3/c1-14(2,3)19-13(17)16-10-15(12(16)9-18-15)11-7-5-4-6-8-11/h4-8,12H,9-10H2,1-3H3/t12-,15?/m1/s1. The molecule has 2 saturated heterocycles. The molecule has 19 heavy (non-hydrogen) atoms. The van der Waals surface area contributed by atoms with Crippen molar-refractivity contribution < 1.29 is 14.3 Å². The first-order valence-corrected chi connectivity index (χ1v) is 6.61. The lowest BCUT2D eigenvalue weighted by Gasteiger charge is -2.63. The van der Waals surface area contributed by atoms with Crippen LogP contribution in [0.25, 0.3) is 0 Å². The summed E-state index contributed by atoms with van der Waals surface area (Å²) < 4.78 is 11.2. The van der Waals surface area contributed by atoms with Crippen LogP contribution in [-0.2, 0) is 15.1 Å². The highest BCUT2D eigenvalue weighted by Gasteiger charge is 2.64. The molecular formula is C15H19NO3. The summed E-state index contributed by atoms with van der Waals surface area (Å²) >= 11 is 0. The van der Waals surface area contributed by atoms with Crippen LogP contribution in [0.15, 0.2) is 30.3 Å². The van der Waals surface area contributed by atoms with E-state index in [1.807, 2.05) is 39.0 Å². The van der Waals surface area contributed by atoms with Crippen molar-refractivity contribution in [1.29, 1.82) is 0 Å². The summed E-state index contributed by atoms with van der Waals surface area (Å²) in [7, 11) is 0. The molecule has 4 heteroatoms. The van der Waals surface area contributed by atoms with E-state index >= 15 is 0 Å². The van der Waals surface area contributed by atoms with Crippen molar-refractivity contribution in [3.63, 3.8) is 0 Å². The molecule has 2 aliphatic heterocycles. The second-order valence-corrected chi connectivity index (χ2v) is 6.19. The average molecular weight is 261 g/mol. The molecule has 0 N–H and O–H groups in total. The van der Waals surface area contributed by atoms with Gasteiger partial charge in [0, 0.05) is 0 Å². The Bertz CT molecular complexity index is 494. The SMILES string of the molecule is CC(C)(C)OC(=O)N1CC2(c3ccccc3)OC[C@@H]12. The van der Waals surface area contributed by atoms with E-state index < -0.39 is 5.60 Å². The first kappa shape index (κ1) is 12.5. The van der Waals surface area contributed by atoms with Gasteiger partial charge in [0.05, 0.1) is 19.2 Å². The van der Waals surface area contributed by atoms with Crippen LogP contribution in [0, 0.1) is 0 Å². The van der Waals surface area contributed by atoms with E-state index in [-0.39, 0.29) is 17.7 Å². The highest BCUT2D eigenvalue weighted by Crippen LogP contribution is 2.49. The first-order chi connectivity index (χ1) is 8.92. The Morgan fingerprint density at radius 2 is 2.05 bits per heavy atom. The Morgan fingerprint density at radius 1 is 1.37 bits per heavy atom. The lowest BCUT2D eigenvalue weighted by Crippen LogP contribution is -2.78. The number of amides is 1. The van der Waals surface area contributed by atoms with Crippen molar-refractivity contribution in [2.45, 2.75) is 38.0 Å². The topological polar surface area (TPSA) is 38.8 Å². The number of morpholine rings is 1. The minimum Gasteiger partial charge on any atom is -0.444 e. The van der Waals surface area contributed by atoms with Crippen LogP contribution >= 0.6 is 0 Å². The third kappa shape index (κ3) is 1.91. The van der Waals surface area contributed by atoms with Crippen LogP contribution in [-0.4, -0.2) is 35.8 Å². The zero-order valence-electron chi connectivity index (χ0n) is 11.6. The van der Waals surface area contributed by atoms with Crippen molar-refractivity contribution >= 4 is 6.09 Å². The summed E-state index contributed by atoms with van der Waals surface area (Å²) in [4.78, 5) is 13.8. The number of carbonyl (C=O) groups excluding carboxylic acids is 1. The molecule has 0 aliphatic carbocycles. The van der Waals surface area contributed by atoms with Crippen LogP contribution < -0.4 is 0 Å². The summed E-state index contributed by atoms with van der Waals surface area (Å²) in [5.41, 5.74) is 0.399. The largest absolute Gasteiger partial charge is 0.444 e. The summed E-state index contributed by atoms with van der Waals surface area (Å²) in [5.74, 6) is 0. The molecule has 1 unspecified atom stereocenters. The van der Waals surface area contributed by atoms with Crippen molar-refractivity contribution in [3.8, 4) is 0 Å². The van der Waals surface area contributed by atoms with Gasteiger partial charge in [0.1, 0.15) is 11.2 Å². The quantitative estimate of drug-likeness (QED) is 0.779. The van der Waals surface area contributed by atoms with Crippen LogP contribution in [0.2, 0.25) is 0 Å². The van der Waals surface area contributed by atoms with Crippen LogP contribution in [0.3, 0.4) is 0 Å². The maximum absolute atomic E-state index is 12.1. The predicted octanol–water partition coefficient (Wildman–Crippen LogP) is 2.53. The zero-order valence-corrected chi connectivity index (χ0v) is 11.6. The van der Waals surface area contributed by atoms with Gasteiger partial charge in [0.15, 0.2) is 0 Å². The van der Waals surface area contributed by atoms with E-state index in [2.05, 4.69) is 12.1 Å². The summed E-state index contributed by atoms with van der Waals surface area (Å²) in [6.07, 6.45) is -0.243. The van der Waals surface area contributed by atoms with Crippen LogP contribution in [0.5, 0.6) is 0 Å². The Kier molecular flexibility index (Phi) is 2.61. The molecule has 0 saturated carbocycles. The molecule has 2 aliphatic rings. The first-order valence-electron chi connectivity index (χ1n) is 6.61. The van der Waals surface area contributed by atoms with E-state index in [1.165, 1.54) is 0 Å². The highest BCUT2D eigenvalue weighted by atomic mass is 16.6. The Hall–Kier alpha value is -1.55. The van der Waals surface area contributed by atoms with Crippen molar-refractivity contribution in [3.05, 3.63) is 35.9 Å². The van der Waals surface area contributed by atoms with Gasteiger partial charge in [-0.1, -0.05) is 30.3 Å². The molecule has 2 heterocycles. The maximum atomic E-state index is 12.1. The Labute approximate surface area is 113 Å². The number of fused-ring (bicyclic) bond motifs is 1. The smallest absolute Gasteiger partial charge is 0.410 e. The molecule has 0 aromatic heterocycles. The second-order valence-electron chi connectivity index (χ2n) is 6.19. The average Bonchev–Trinajstić information content (AvgIpc) is 2.31. The number of hydrogen-bond acceptors (Lipinski definition) is 3. The van der Waals surface area contributed by atoms with E-state index in [0.717, 1.165) is 5.56 Å². The number of rotatable bonds is 1. The number of hydrogen-bond donors (Lipinski definition) is 0. The normalized spacial score (nSPS) is 29.0. The van der Waals surface area contributed by atoms with Crippen molar-refractivity contribution in [1.82, 2.24) is 4.90 Å². The van der Waals surface area contributed by atoms with Gasteiger partial charge in [0.25, 0.3) is 0 Å². The van der Waals surface area contributed by atoms with Crippen LogP contribution in [0.4, 0.5) is 4.79 Å². The molecule has 1 amide bonds. The Morgan fingerprint density at radius 3 is 2.53 bits per heavy atom. The molecule has 0 bridgehead atoms. The summed E-state index contributed by atoms with van der Waals surface area (Å²) in [5, 5.41) is 0. The van der Waals surface area contributed by atoms with Gasteiger partial charge in [-0.15, -0.1) is 0 Å². The summed E-state index contributed by atoms with van der Waals surface area (Å²) in [6, 6.07) is 10.2. The molecule has 4 nitrogen and oxygen atoms in total. The fraction of sp³-hybridized carbons (Fsp3) is 0.533. The fourth-order valence-corrected chi connectivity index (χ4v) is 2.70. The molecule has 2 fully saturated rings. The van der Waals surface area contributed by atoms with Gasteiger partial charge < -0.3 is 9.47 Å². The minimum atomic E-state index is -0.452. The van der Waals surface area contributed by atoms with E-state index in [4.69, 9.17) is 9.47 Å². The number of ether oxygens (including phenoxy) is 2. The Balaban J connectivity index is 1.71. The molecule has 0 radical (unpaired) electrons. The van der Waals surface area contributed by atoms with Crippen LogP contribution in [0.1, 0.15) is 26.3 Å². The monoisotopic (exact) mass is 261 g/mol. The van der Waals surface area contributed by atoms with Gasteiger partial charge in [-0.3, -0.25) is 4.90 Å². The number of benzene rings is 1. The zero-order chi connectivity index (χ0) is 13.7. The van der Waals surface area contributed by atoms with E-state index in [0.29, 0.717) is 13.2 Å². The van der Waals surface area contributed by atoms with Crippen molar-refractivity contribution in [2.75, 3.05) is 13.2 Å². The maximum Gasteiger partial charge on any atom is 0.410 e. The molecule has 0 spiro atoms. The lowest BCUT2D eigenvalue weighted by molar-refractivity contribution is -0.289. The number of carbonyl (C=O) groups is 1. The minimum absolute atomic E-state index is 0.116. The third-order valence-corrected chi connectivity index (χ3v) is 3.71. The van der Waals surface area contributed by atoms with Gasteiger partial charge in [-0.25, -0.2) is 4.79 Å². The molecule has 1 aromatic carbocycles. The molecule has 2 atom stereocenters. The highest BCUT2D eigenvalue weighted by molar-refractivity contribution is 5.71. The number of nitrogens with zero attached hydrogens (tertiary/aromatic N) is 1. The fourth-order valence-electron chi connectivity index (χ4n) is 2.70. The molecular weight excluding hydrogens is 242 g/mol. The van der Waals surface area contributed by atoms with Crippen molar-refractivity contribution in [2.24, 2.45) is 0 Å². The van der Waals surface area contributed by atoms with Gasteiger partial charge >= 0.3 is 6.09 Å². The number of likely N-dealkylation sites (tertiary alicyclic amines) is 1. The predicted molar refractivity (Wildman–Crippen MR) is 70.8 cm³/mol. The lowest BCUT2D eigenvalue weighted by atomic mass is 9.74. The van der Waals surface area contributed by atoms with E-state index in [1.54, 1.807) is 4.90 Å². The molecule has 1 aromatic rings. The summed E-state index contributed by atoms with van der Waals surface area (Å²) in [6.45, 7) is 6.82.